The molecule has 0 fully saturated rings. The summed E-state index contributed by atoms with van der Waals surface area (Å²) in [6, 6.07) is 35.7. The molecule has 4 heteroatoms. The first-order chi connectivity index (χ1) is 13.6. The molecule has 4 rings (SSSR count). The van der Waals surface area contributed by atoms with E-state index in [2.05, 4.69) is 20.8 Å². The topological polar surface area (TPSA) is 20.2 Å². The smallest absolute Gasteiger partial charge is 1.00 e. The Morgan fingerprint density at radius 1 is 0.581 bits per heavy atom. The molecule has 0 amide bonds. The van der Waals surface area contributed by atoms with Gasteiger partial charge in [-0.15, -0.1) is 0 Å². The third-order valence-electron chi connectivity index (χ3n) is 3.76. The van der Waals surface area contributed by atoms with Gasteiger partial charge in [-0.25, -0.2) is 12.1 Å². The standard InChI is InChI=1S/C18H14O.C5H5.C4H9.2ClH.Ti/c19-18-16(14-8-3-1-4-9-14)12-7-13-17(18)15-10-5-2-6-11-15;1-2-4-5-3-1;1-4(2)3;;;/h1-13,19H;1-5H;1-3H3;2*1H;/q;2*-1;;;+4/p-2. The van der Waals surface area contributed by atoms with E-state index in [0.717, 1.165) is 22.3 Å². The van der Waals surface area contributed by atoms with Crippen LogP contribution in [0.2, 0.25) is 0 Å². The molecular weight excluding hydrogens is 459 g/mol. The zero-order chi connectivity index (χ0) is 20.2. The molecule has 0 saturated carbocycles. The summed E-state index contributed by atoms with van der Waals surface area (Å²) in [5.74, 6) is 1.75. The number of phenols is 1. The van der Waals surface area contributed by atoms with Gasteiger partial charge in [-0.3, -0.25) is 0 Å². The van der Waals surface area contributed by atoms with Crippen molar-refractivity contribution in [1.29, 1.82) is 0 Å². The molecule has 0 atom stereocenters. The van der Waals surface area contributed by atoms with Crippen LogP contribution in [0, 0.1) is 5.92 Å². The number of hydrogen-bond acceptors (Lipinski definition) is 1. The molecule has 31 heavy (non-hydrogen) atoms. The first kappa shape index (κ1) is 31.3. The van der Waals surface area contributed by atoms with E-state index < -0.39 is 0 Å². The molecule has 0 aliphatic rings. The van der Waals surface area contributed by atoms with Crippen LogP contribution >= 0.6 is 0 Å². The zero-order valence-electron chi connectivity index (χ0n) is 18.1. The first-order valence-corrected chi connectivity index (χ1v) is 9.46. The van der Waals surface area contributed by atoms with Crippen molar-refractivity contribution in [2.24, 2.45) is 0 Å². The first-order valence-electron chi connectivity index (χ1n) is 9.46. The number of rotatable bonds is 2. The average molecular weight is 487 g/mol. The van der Waals surface area contributed by atoms with Crippen LogP contribution < -0.4 is 24.8 Å². The summed E-state index contributed by atoms with van der Waals surface area (Å²) in [6.45, 7) is 6.25. The van der Waals surface area contributed by atoms with Crippen LogP contribution in [0.3, 0.4) is 0 Å². The molecule has 4 aromatic carbocycles. The maximum atomic E-state index is 10.5. The number of hydrogen-bond donors (Lipinski definition) is 1. The van der Waals surface area contributed by atoms with E-state index in [1.54, 1.807) is 0 Å². The Hall–Kier alpha value is -1.90. The van der Waals surface area contributed by atoms with E-state index in [0.29, 0.717) is 5.75 Å². The SMILES string of the molecule is C[C-](C)C.Oc1c(-c2ccccc2)cccc1-c1ccccc1.[Cl-].[Cl-].[Ti+4].c1cc[cH-]c1. The Kier molecular flexibility index (Phi) is 17.9. The third-order valence-corrected chi connectivity index (χ3v) is 3.76. The maximum Gasteiger partial charge on any atom is 4.00 e. The van der Waals surface area contributed by atoms with Crippen LogP contribution in [-0.2, 0) is 21.7 Å². The summed E-state index contributed by atoms with van der Waals surface area (Å²) < 4.78 is 0. The molecule has 0 bridgehead atoms. The van der Waals surface area contributed by atoms with Crippen LogP contribution in [0.5, 0.6) is 5.75 Å². The van der Waals surface area contributed by atoms with Crippen LogP contribution in [0.1, 0.15) is 20.8 Å². The fourth-order valence-electron chi connectivity index (χ4n) is 2.57. The molecule has 0 spiro atoms. The number of phenolic OH excluding ortho intramolecular Hbond substituents is 1. The van der Waals surface area contributed by atoms with Gasteiger partial charge in [0.1, 0.15) is 5.75 Å². The second-order valence-electron chi connectivity index (χ2n) is 6.90. The van der Waals surface area contributed by atoms with E-state index in [4.69, 9.17) is 0 Å². The van der Waals surface area contributed by atoms with Crippen molar-refractivity contribution in [1.82, 2.24) is 0 Å². The van der Waals surface area contributed by atoms with Crippen molar-refractivity contribution in [2.75, 3.05) is 0 Å². The minimum absolute atomic E-state index is 0. The van der Waals surface area contributed by atoms with Gasteiger partial charge in [0.05, 0.1) is 0 Å². The van der Waals surface area contributed by atoms with Crippen molar-refractivity contribution in [3.05, 3.63) is 115 Å². The Bertz CT molecular complexity index is 831. The molecule has 0 aliphatic carbocycles. The van der Waals surface area contributed by atoms with Crippen molar-refractivity contribution < 1.29 is 51.6 Å². The minimum Gasteiger partial charge on any atom is -1.00 e. The van der Waals surface area contributed by atoms with Gasteiger partial charge < -0.3 is 35.8 Å². The van der Waals surface area contributed by atoms with Crippen molar-refractivity contribution in [3.63, 3.8) is 0 Å². The number of para-hydroxylation sites is 1. The largest absolute Gasteiger partial charge is 4.00 e. The molecule has 0 heterocycles. The molecule has 1 nitrogen and oxygen atoms in total. The summed E-state index contributed by atoms with van der Waals surface area (Å²) in [6.07, 6.45) is 0. The minimum atomic E-state index is 0. The number of benzene rings is 3. The summed E-state index contributed by atoms with van der Waals surface area (Å²) in [5, 5.41) is 10.5. The number of halogens is 2. The summed E-state index contributed by atoms with van der Waals surface area (Å²) in [4.78, 5) is 0. The molecule has 0 unspecified atom stereocenters. The van der Waals surface area contributed by atoms with Gasteiger partial charge in [-0.2, -0.15) is 39.0 Å². The summed E-state index contributed by atoms with van der Waals surface area (Å²) in [5.41, 5.74) is 3.78. The quantitative estimate of drug-likeness (QED) is 0.338. The molecular formula is C27H28Cl2OTi. The maximum absolute atomic E-state index is 10.5. The van der Waals surface area contributed by atoms with Crippen LogP contribution in [0.15, 0.2) is 109 Å². The summed E-state index contributed by atoms with van der Waals surface area (Å²) >= 11 is 0. The molecule has 160 valence electrons. The van der Waals surface area contributed by atoms with E-state index in [9.17, 15) is 5.11 Å². The molecule has 4 aromatic rings. The molecule has 0 aliphatic heterocycles. The van der Waals surface area contributed by atoms with Crippen LogP contribution in [0.4, 0.5) is 0 Å². The molecule has 1 N–H and O–H groups in total. The Labute approximate surface area is 214 Å². The van der Waals surface area contributed by atoms with Gasteiger partial charge >= 0.3 is 21.7 Å². The van der Waals surface area contributed by atoms with Crippen molar-refractivity contribution in [2.45, 2.75) is 20.8 Å². The number of aromatic hydroxyl groups is 1. The van der Waals surface area contributed by atoms with Gasteiger partial charge in [0, 0.05) is 11.1 Å². The fourth-order valence-corrected chi connectivity index (χ4v) is 2.57. The van der Waals surface area contributed by atoms with E-state index in [-0.39, 0.29) is 46.5 Å². The van der Waals surface area contributed by atoms with Crippen molar-refractivity contribution >= 4 is 0 Å². The molecule has 0 saturated heterocycles. The predicted octanol–water partition coefficient (Wildman–Crippen LogP) is 1.76. The molecule has 0 radical (unpaired) electrons. The van der Waals surface area contributed by atoms with Crippen LogP contribution in [-0.4, -0.2) is 5.11 Å². The Morgan fingerprint density at radius 3 is 1.23 bits per heavy atom. The normalized spacial score (nSPS) is 8.77. The zero-order valence-corrected chi connectivity index (χ0v) is 21.2. The van der Waals surface area contributed by atoms with Gasteiger partial charge in [0.25, 0.3) is 0 Å². The van der Waals surface area contributed by atoms with Crippen molar-refractivity contribution in [3.8, 4) is 28.0 Å². The molecule has 0 aromatic heterocycles. The van der Waals surface area contributed by atoms with Gasteiger partial charge in [-0.05, 0) is 11.1 Å². The van der Waals surface area contributed by atoms with Crippen LogP contribution in [0.25, 0.3) is 22.3 Å². The van der Waals surface area contributed by atoms with Gasteiger partial charge in [-0.1, -0.05) is 78.9 Å². The second kappa shape index (κ2) is 17.8. The van der Waals surface area contributed by atoms with Gasteiger partial charge in [0.15, 0.2) is 0 Å². The second-order valence-corrected chi connectivity index (χ2v) is 6.90. The third kappa shape index (κ3) is 11.3. The van der Waals surface area contributed by atoms with E-state index in [1.807, 2.05) is 109 Å². The Balaban J connectivity index is 0. The monoisotopic (exact) mass is 486 g/mol. The fraction of sp³-hybridized carbons (Fsp3) is 0.111. The average Bonchev–Trinajstić information content (AvgIpc) is 3.29. The van der Waals surface area contributed by atoms with E-state index >= 15 is 0 Å². The predicted molar refractivity (Wildman–Crippen MR) is 121 cm³/mol. The Morgan fingerprint density at radius 2 is 0.935 bits per heavy atom. The van der Waals surface area contributed by atoms with E-state index in [1.165, 1.54) is 5.92 Å². The van der Waals surface area contributed by atoms with Gasteiger partial charge in [0.2, 0.25) is 0 Å². The summed E-state index contributed by atoms with van der Waals surface area (Å²) in [7, 11) is 0.